The Kier molecular flexibility index (Phi) is 11.2. The maximum absolute atomic E-state index is 10.9. The first-order chi connectivity index (χ1) is 20.3. The van der Waals surface area contributed by atoms with Crippen molar-refractivity contribution in [1.82, 2.24) is 0 Å². The molecule has 0 aromatic heterocycles. The van der Waals surface area contributed by atoms with Crippen molar-refractivity contribution in [2.75, 3.05) is 0 Å². The molecule has 2 saturated carbocycles. The summed E-state index contributed by atoms with van der Waals surface area (Å²) in [7, 11) is 0. The van der Waals surface area contributed by atoms with Gasteiger partial charge in [-0.15, -0.1) is 5.73 Å². The van der Waals surface area contributed by atoms with Gasteiger partial charge in [0.15, 0.2) is 0 Å². The lowest BCUT2D eigenvalue weighted by Crippen LogP contribution is -2.46. The lowest BCUT2D eigenvalue weighted by atomic mass is 9.63. The molecule has 0 spiro atoms. The zero-order chi connectivity index (χ0) is 33.0. The van der Waals surface area contributed by atoms with Crippen molar-refractivity contribution in [3.05, 3.63) is 113 Å². The third-order valence-electron chi connectivity index (χ3n) is 9.39. The second kappa shape index (κ2) is 13.7. The Balaban J connectivity index is 1.53. The molecule has 5 atom stereocenters. The predicted octanol–water partition coefficient (Wildman–Crippen LogP) is 8.72. The summed E-state index contributed by atoms with van der Waals surface area (Å²) in [6.45, 7) is 20.6. The lowest BCUT2D eigenvalue weighted by Gasteiger charge is -2.43. The summed E-state index contributed by atoms with van der Waals surface area (Å²) in [4.78, 5) is 0. The van der Waals surface area contributed by atoms with Crippen LogP contribution >= 0.6 is 0 Å². The molecule has 0 aromatic rings. The highest BCUT2D eigenvalue weighted by molar-refractivity contribution is 5.37. The van der Waals surface area contributed by atoms with Crippen LogP contribution in [0, 0.1) is 10.8 Å². The van der Waals surface area contributed by atoms with Crippen LogP contribution in [0.15, 0.2) is 113 Å². The number of ether oxygens (including phenoxy) is 1. The first-order valence-electron chi connectivity index (χ1n) is 16.0. The van der Waals surface area contributed by atoms with E-state index in [0.717, 1.165) is 34.3 Å². The third-order valence-corrected chi connectivity index (χ3v) is 9.39. The van der Waals surface area contributed by atoms with Gasteiger partial charge in [0.2, 0.25) is 0 Å². The first-order valence-corrected chi connectivity index (χ1v) is 16.0. The number of fused-ring (bicyclic) bond motifs is 1. The fourth-order valence-electron chi connectivity index (χ4n) is 7.25. The fourth-order valence-corrected chi connectivity index (χ4v) is 7.25. The number of epoxide rings is 1. The summed E-state index contributed by atoms with van der Waals surface area (Å²) in [6, 6.07) is 0. The summed E-state index contributed by atoms with van der Waals surface area (Å²) in [5.74, 6) is 0. The molecule has 0 radical (unpaired) electrons. The number of aliphatic hydroxyl groups excluding tert-OH is 2. The average molecular weight is 601 g/mol. The van der Waals surface area contributed by atoms with Crippen LogP contribution in [0.25, 0.3) is 0 Å². The molecule has 240 valence electrons. The largest absolute Gasteiger partial charge is 0.393 e. The molecule has 4 heteroatoms. The van der Waals surface area contributed by atoms with Gasteiger partial charge in [-0.2, -0.15) is 0 Å². The Bertz CT molecular complexity index is 1360. The van der Waals surface area contributed by atoms with Crippen molar-refractivity contribution < 1.29 is 20.1 Å². The van der Waals surface area contributed by atoms with Gasteiger partial charge in [-0.05, 0) is 77.5 Å². The Labute approximate surface area is 267 Å². The van der Waals surface area contributed by atoms with E-state index in [2.05, 4.69) is 110 Å². The smallest absolute Gasteiger partial charge is 0.121 e. The van der Waals surface area contributed by atoms with Crippen molar-refractivity contribution in [2.24, 2.45) is 10.8 Å². The number of hydrogen-bond donors (Lipinski definition) is 3. The number of aliphatic hydroxyl groups is 3. The molecule has 1 saturated heterocycles. The van der Waals surface area contributed by atoms with E-state index in [4.69, 9.17) is 4.74 Å². The summed E-state index contributed by atoms with van der Waals surface area (Å²) in [5, 5.41) is 31.2. The topological polar surface area (TPSA) is 73.2 Å². The fraction of sp³-hybridized carbons (Fsp3) is 0.525. The molecule has 4 nitrogen and oxygen atoms in total. The molecule has 3 fully saturated rings. The van der Waals surface area contributed by atoms with Gasteiger partial charge in [0.05, 0.1) is 17.8 Å². The lowest BCUT2D eigenvalue weighted by molar-refractivity contribution is -0.0268. The molecule has 0 aromatic carbocycles. The van der Waals surface area contributed by atoms with Crippen LogP contribution in [0.4, 0.5) is 0 Å². The number of allylic oxidation sites excluding steroid dienone is 15. The minimum absolute atomic E-state index is 0.103. The van der Waals surface area contributed by atoms with Crippen molar-refractivity contribution in [2.45, 2.75) is 124 Å². The van der Waals surface area contributed by atoms with E-state index in [0.29, 0.717) is 19.3 Å². The Hall–Kier alpha value is -2.72. The maximum atomic E-state index is 10.9. The van der Waals surface area contributed by atoms with Crippen molar-refractivity contribution in [1.29, 1.82) is 0 Å². The minimum atomic E-state index is -1.05. The van der Waals surface area contributed by atoms with E-state index < -0.39 is 11.7 Å². The molecule has 0 bridgehead atoms. The van der Waals surface area contributed by atoms with Gasteiger partial charge < -0.3 is 20.1 Å². The van der Waals surface area contributed by atoms with Gasteiger partial charge >= 0.3 is 0 Å². The molecule has 3 N–H and O–H groups in total. The monoisotopic (exact) mass is 600 g/mol. The van der Waals surface area contributed by atoms with Crippen LogP contribution in [0.2, 0.25) is 0 Å². The second-order valence-electron chi connectivity index (χ2n) is 15.0. The van der Waals surface area contributed by atoms with Gasteiger partial charge in [0.25, 0.3) is 0 Å². The second-order valence-corrected chi connectivity index (χ2v) is 15.0. The standard InChI is InChI=1S/C40H56O4/c1-29(17-13-19-31(3)21-22-35-36(5,6)25-33(41)27-38(35,9)43)15-11-12-16-30(2)18-14-20-32(4)23-24-40-37(7,8)26-34(42)28-39(40,10)44-40/h11-21,23-24,33-34,41-43H,25-28H2,1-10H3/b12-11+,17-13+,18-14+,24-23+,29-15+,30-16+,31-19+,32-20+/t22?,33-,34-,38-,39+,40-/m0/s1. The zero-order valence-electron chi connectivity index (χ0n) is 28.7. The molecule has 44 heavy (non-hydrogen) atoms. The Morgan fingerprint density at radius 2 is 1.18 bits per heavy atom. The van der Waals surface area contributed by atoms with Crippen LogP contribution in [0.1, 0.15) is 94.9 Å². The van der Waals surface area contributed by atoms with Crippen molar-refractivity contribution >= 4 is 0 Å². The van der Waals surface area contributed by atoms with Gasteiger partial charge in [0, 0.05) is 23.8 Å². The predicted molar refractivity (Wildman–Crippen MR) is 184 cm³/mol. The molecule has 0 amide bonds. The summed E-state index contributed by atoms with van der Waals surface area (Å²) >= 11 is 0. The van der Waals surface area contributed by atoms with Crippen LogP contribution in [0.5, 0.6) is 0 Å². The normalized spacial score (nSPS) is 34.7. The van der Waals surface area contributed by atoms with Crippen LogP contribution in [0.3, 0.4) is 0 Å². The van der Waals surface area contributed by atoms with E-state index in [1.807, 2.05) is 37.3 Å². The summed E-state index contributed by atoms with van der Waals surface area (Å²) < 4.78 is 6.24. The van der Waals surface area contributed by atoms with Gasteiger partial charge in [-0.3, -0.25) is 0 Å². The number of hydrogen-bond acceptors (Lipinski definition) is 4. The summed E-state index contributed by atoms with van der Waals surface area (Å²) in [6.07, 6.45) is 28.5. The molecule has 2 aliphatic carbocycles. The van der Waals surface area contributed by atoms with Crippen LogP contribution in [-0.2, 0) is 4.74 Å². The van der Waals surface area contributed by atoms with E-state index >= 15 is 0 Å². The van der Waals surface area contributed by atoms with E-state index in [1.165, 1.54) is 0 Å². The number of rotatable bonds is 9. The Morgan fingerprint density at radius 1 is 0.682 bits per heavy atom. The maximum Gasteiger partial charge on any atom is 0.121 e. The molecular formula is C40H56O4. The first kappa shape index (κ1) is 35.8. The highest BCUT2D eigenvalue weighted by Crippen LogP contribution is 2.66. The van der Waals surface area contributed by atoms with E-state index in [1.54, 1.807) is 6.92 Å². The molecule has 1 heterocycles. The molecular weight excluding hydrogens is 544 g/mol. The van der Waals surface area contributed by atoms with Gasteiger partial charge in [-0.25, -0.2) is 0 Å². The molecule has 3 aliphatic rings. The van der Waals surface area contributed by atoms with Crippen LogP contribution < -0.4 is 0 Å². The average Bonchev–Trinajstić information content (AvgIpc) is 3.49. The highest BCUT2D eigenvalue weighted by Gasteiger charge is 2.74. The van der Waals surface area contributed by atoms with Gasteiger partial charge in [-0.1, -0.05) is 111 Å². The summed E-state index contributed by atoms with van der Waals surface area (Å²) in [5.41, 5.74) is 6.63. The zero-order valence-corrected chi connectivity index (χ0v) is 28.7. The highest BCUT2D eigenvalue weighted by atomic mass is 16.6. The van der Waals surface area contributed by atoms with Crippen molar-refractivity contribution in [3.63, 3.8) is 0 Å². The van der Waals surface area contributed by atoms with Crippen LogP contribution in [-0.4, -0.2) is 44.3 Å². The Morgan fingerprint density at radius 3 is 1.73 bits per heavy atom. The SMILES string of the molecule is C\C(C=C=C1C(C)(C)C[C@H](O)C[C@]1(C)O)=C/C=C/C(C)=C/C=C/C=C(C)/C=C/C=C(C)/C=C/[C@@]12O[C@]1(C)C[C@@H](O)CC2(C)C. The molecule has 3 rings (SSSR count). The van der Waals surface area contributed by atoms with E-state index in [-0.39, 0.29) is 28.1 Å². The van der Waals surface area contributed by atoms with E-state index in [9.17, 15) is 15.3 Å². The quantitative estimate of drug-likeness (QED) is 0.141. The third kappa shape index (κ3) is 8.71. The molecule has 1 aliphatic heterocycles. The van der Waals surface area contributed by atoms with Gasteiger partial charge in [0.1, 0.15) is 11.2 Å². The van der Waals surface area contributed by atoms with Crippen molar-refractivity contribution in [3.8, 4) is 0 Å². The minimum Gasteiger partial charge on any atom is -0.393 e. The molecule has 0 unspecified atom stereocenters.